The van der Waals surface area contributed by atoms with Gasteiger partial charge in [0.1, 0.15) is 4.88 Å². The molecule has 1 aromatic carbocycles. The number of urea groups is 1. The molecule has 0 saturated heterocycles. The van der Waals surface area contributed by atoms with Gasteiger partial charge in [-0.2, -0.15) is 0 Å². The van der Waals surface area contributed by atoms with Crippen LogP contribution in [0.25, 0.3) is 10.4 Å². The molecule has 0 unspecified atom stereocenters. The molecule has 0 atom stereocenters. The van der Waals surface area contributed by atoms with Crippen LogP contribution in [0, 0.1) is 0 Å². The average molecular weight is 381 g/mol. The van der Waals surface area contributed by atoms with Crippen LogP contribution in [0.5, 0.6) is 0 Å². The molecule has 0 fully saturated rings. The zero-order valence-electron chi connectivity index (χ0n) is 13.7. The summed E-state index contributed by atoms with van der Waals surface area (Å²) in [5.74, 6) is -1.31. The van der Waals surface area contributed by atoms with Crippen molar-refractivity contribution in [1.82, 2.24) is 10.6 Å². The Hall–Kier alpha value is -2.38. The van der Waals surface area contributed by atoms with Gasteiger partial charge in [0.2, 0.25) is 0 Å². The number of ether oxygens (including phenoxy) is 1. The molecule has 0 aliphatic carbocycles. The van der Waals surface area contributed by atoms with Crippen LogP contribution < -0.4 is 10.6 Å². The molecule has 3 amide bonds. The molecule has 2 N–H and O–H groups in total. The zero-order valence-corrected chi connectivity index (χ0v) is 15.2. The van der Waals surface area contributed by atoms with Crippen LogP contribution in [-0.4, -0.2) is 30.6 Å². The number of esters is 1. The van der Waals surface area contributed by atoms with Crippen molar-refractivity contribution < 1.29 is 19.1 Å². The number of amides is 3. The van der Waals surface area contributed by atoms with Gasteiger partial charge in [0.25, 0.3) is 5.91 Å². The standard InChI is InChI=1S/C17H17ClN2O4S/c1-10(2)19-17(23)20-15(21)9-24-16(22)14-8-7-13(25-14)11-3-5-12(18)6-4-11/h3-8,10H,9H2,1-2H3,(H2,19,20,21,23). The predicted molar refractivity (Wildman–Crippen MR) is 96.9 cm³/mol. The smallest absolute Gasteiger partial charge is 0.348 e. The van der Waals surface area contributed by atoms with Gasteiger partial charge in [-0.3, -0.25) is 10.1 Å². The van der Waals surface area contributed by atoms with Gasteiger partial charge in [0.15, 0.2) is 6.61 Å². The lowest BCUT2D eigenvalue weighted by atomic mass is 10.2. The largest absolute Gasteiger partial charge is 0.451 e. The molecule has 132 valence electrons. The minimum absolute atomic E-state index is 0.104. The fourth-order valence-corrected chi connectivity index (χ4v) is 2.91. The Kier molecular flexibility index (Phi) is 6.55. The van der Waals surface area contributed by atoms with Gasteiger partial charge in [0.05, 0.1) is 0 Å². The van der Waals surface area contributed by atoms with Gasteiger partial charge >= 0.3 is 12.0 Å². The van der Waals surface area contributed by atoms with E-state index in [1.807, 2.05) is 12.1 Å². The minimum Gasteiger partial charge on any atom is -0.451 e. The van der Waals surface area contributed by atoms with E-state index in [1.54, 1.807) is 38.1 Å². The normalized spacial score (nSPS) is 10.4. The zero-order chi connectivity index (χ0) is 18.4. The molecule has 0 bridgehead atoms. The van der Waals surface area contributed by atoms with Gasteiger partial charge < -0.3 is 10.1 Å². The summed E-state index contributed by atoms with van der Waals surface area (Å²) in [6.45, 7) is 3.00. The van der Waals surface area contributed by atoms with Gasteiger partial charge in [-0.05, 0) is 43.7 Å². The lowest BCUT2D eigenvalue weighted by molar-refractivity contribution is -0.123. The average Bonchev–Trinajstić information content (AvgIpc) is 3.02. The third-order valence-electron chi connectivity index (χ3n) is 2.94. The van der Waals surface area contributed by atoms with Crippen LogP contribution in [0.2, 0.25) is 5.02 Å². The molecular formula is C17H17ClN2O4S. The summed E-state index contributed by atoms with van der Waals surface area (Å²) in [6.07, 6.45) is 0. The monoisotopic (exact) mass is 380 g/mol. The summed E-state index contributed by atoms with van der Waals surface area (Å²) in [5.41, 5.74) is 0.927. The van der Waals surface area contributed by atoms with Crippen LogP contribution in [0.1, 0.15) is 23.5 Å². The number of hydrogen-bond donors (Lipinski definition) is 2. The summed E-state index contributed by atoms with van der Waals surface area (Å²) in [7, 11) is 0. The van der Waals surface area contributed by atoms with Crippen molar-refractivity contribution in [2.45, 2.75) is 19.9 Å². The van der Waals surface area contributed by atoms with Crippen molar-refractivity contribution in [2.24, 2.45) is 0 Å². The van der Waals surface area contributed by atoms with Crippen LogP contribution in [0.3, 0.4) is 0 Å². The molecule has 0 aliphatic rings. The van der Waals surface area contributed by atoms with Crippen LogP contribution in [-0.2, 0) is 9.53 Å². The summed E-state index contributed by atoms with van der Waals surface area (Å²) in [4.78, 5) is 36.2. The van der Waals surface area contributed by atoms with Gasteiger partial charge in [-0.15, -0.1) is 11.3 Å². The number of thiophene rings is 1. The summed E-state index contributed by atoms with van der Waals surface area (Å²) in [5, 5.41) is 5.21. The lowest BCUT2D eigenvalue weighted by Crippen LogP contribution is -2.44. The maximum absolute atomic E-state index is 12.0. The van der Waals surface area contributed by atoms with Gasteiger partial charge in [0, 0.05) is 15.9 Å². The highest BCUT2D eigenvalue weighted by atomic mass is 35.5. The second kappa shape index (κ2) is 8.64. The molecule has 2 rings (SSSR count). The molecule has 2 aromatic rings. The van der Waals surface area contributed by atoms with E-state index in [1.165, 1.54) is 11.3 Å². The number of carbonyl (C=O) groups excluding carboxylic acids is 3. The fourth-order valence-electron chi connectivity index (χ4n) is 1.88. The Bertz CT molecular complexity index is 771. The third kappa shape index (κ3) is 5.88. The molecule has 0 spiro atoms. The number of hydrogen-bond acceptors (Lipinski definition) is 5. The highest BCUT2D eigenvalue weighted by Gasteiger charge is 2.15. The number of halogens is 1. The van der Waals surface area contributed by atoms with E-state index in [9.17, 15) is 14.4 Å². The molecule has 8 heteroatoms. The molecular weight excluding hydrogens is 364 g/mol. The predicted octanol–water partition coefficient (Wildman–Crippen LogP) is 3.46. The molecule has 1 aromatic heterocycles. The van der Waals surface area contributed by atoms with Crippen LogP contribution in [0.4, 0.5) is 4.79 Å². The summed E-state index contributed by atoms with van der Waals surface area (Å²) < 4.78 is 4.92. The van der Waals surface area contributed by atoms with Crippen molar-refractivity contribution in [1.29, 1.82) is 0 Å². The van der Waals surface area contributed by atoms with E-state index in [0.717, 1.165) is 10.4 Å². The van der Waals surface area contributed by atoms with Gasteiger partial charge in [-0.1, -0.05) is 23.7 Å². The number of benzene rings is 1. The molecule has 0 aliphatic heterocycles. The minimum atomic E-state index is -0.694. The maximum atomic E-state index is 12.0. The van der Waals surface area contributed by atoms with Crippen molar-refractivity contribution in [3.8, 4) is 10.4 Å². The number of carbonyl (C=O) groups is 3. The lowest BCUT2D eigenvalue weighted by Gasteiger charge is -2.09. The SMILES string of the molecule is CC(C)NC(=O)NC(=O)COC(=O)c1ccc(-c2ccc(Cl)cc2)s1. The first-order chi connectivity index (χ1) is 11.8. The summed E-state index contributed by atoms with van der Waals surface area (Å²) in [6, 6.07) is 9.92. The Morgan fingerprint density at radius 3 is 2.44 bits per heavy atom. The first kappa shape index (κ1) is 19.0. The second-order valence-electron chi connectivity index (χ2n) is 5.42. The van der Waals surface area contributed by atoms with E-state index in [0.29, 0.717) is 9.90 Å². The first-order valence-electron chi connectivity index (χ1n) is 7.48. The van der Waals surface area contributed by atoms with Crippen LogP contribution >= 0.6 is 22.9 Å². The third-order valence-corrected chi connectivity index (χ3v) is 4.31. The van der Waals surface area contributed by atoms with Crippen molar-refractivity contribution in [3.63, 3.8) is 0 Å². The highest BCUT2D eigenvalue weighted by molar-refractivity contribution is 7.17. The Labute approximate surface area is 154 Å². The van der Waals surface area contributed by atoms with E-state index in [2.05, 4.69) is 10.6 Å². The van der Waals surface area contributed by atoms with Crippen molar-refractivity contribution in [2.75, 3.05) is 6.61 Å². The highest BCUT2D eigenvalue weighted by Crippen LogP contribution is 2.29. The van der Waals surface area contributed by atoms with E-state index in [4.69, 9.17) is 16.3 Å². The molecule has 0 saturated carbocycles. The van der Waals surface area contributed by atoms with Gasteiger partial charge in [-0.25, -0.2) is 9.59 Å². The van der Waals surface area contributed by atoms with Crippen LogP contribution in [0.15, 0.2) is 36.4 Å². The molecule has 1 heterocycles. The molecule has 6 nitrogen and oxygen atoms in total. The maximum Gasteiger partial charge on any atom is 0.348 e. The number of imide groups is 1. The van der Waals surface area contributed by atoms with E-state index in [-0.39, 0.29) is 6.04 Å². The van der Waals surface area contributed by atoms with E-state index < -0.39 is 24.5 Å². The Morgan fingerprint density at radius 2 is 1.80 bits per heavy atom. The Balaban J connectivity index is 1.88. The van der Waals surface area contributed by atoms with Crippen molar-refractivity contribution >= 4 is 40.8 Å². The number of rotatable bonds is 5. The van der Waals surface area contributed by atoms with Crippen molar-refractivity contribution in [3.05, 3.63) is 46.3 Å². The fraction of sp³-hybridized carbons (Fsp3) is 0.235. The molecule has 0 radical (unpaired) electrons. The summed E-state index contributed by atoms with van der Waals surface area (Å²) >= 11 is 7.10. The Morgan fingerprint density at radius 1 is 1.12 bits per heavy atom. The van der Waals surface area contributed by atoms with E-state index >= 15 is 0 Å². The topological polar surface area (TPSA) is 84.5 Å². The second-order valence-corrected chi connectivity index (χ2v) is 6.94. The first-order valence-corrected chi connectivity index (χ1v) is 8.68. The number of nitrogens with one attached hydrogen (secondary N) is 2. The molecule has 25 heavy (non-hydrogen) atoms. The quantitative estimate of drug-likeness (QED) is 0.778.